The average Bonchev–Trinajstić information content (AvgIpc) is 2.96. The third-order valence-corrected chi connectivity index (χ3v) is 5.79. The Morgan fingerprint density at radius 3 is 2.85 bits per heavy atom. The van der Waals surface area contributed by atoms with E-state index in [0.717, 1.165) is 0 Å². The first kappa shape index (κ1) is 18.5. The molecule has 0 aromatic heterocycles. The Bertz CT molecular complexity index is 784. The van der Waals surface area contributed by atoms with E-state index in [9.17, 15) is 23.0 Å². The van der Waals surface area contributed by atoms with E-state index in [1.54, 1.807) is 12.1 Å². The predicted octanol–water partition coefficient (Wildman–Crippen LogP) is 1.44. The van der Waals surface area contributed by atoms with E-state index in [1.807, 2.05) is 0 Å². The Morgan fingerprint density at radius 2 is 2.19 bits per heavy atom. The molecule has 2 saturated heterocycles. The van der Waals surface area contributed by atoms with Crippen LogP contribution in [-0.2, 0) is 25.1 Å². The second-order valence-electron chi connectivity index (χ2n) is 6.37. The van der Waals surface area contributed by atoms with Gasteiger partial charge in [0.15, 0.2) is 0 Å². The molecule has 7 nitrogen and oxygen atoms in total. The van der Waals surface area contributed by atoms with Crippen molar-refractivity contribution in [2.75, 3.05) is 23.7 Å². The van der Waals surface area contributed by atoms with Crippen LogP contribution in [0.5, 0.6) is 0 Å². The highest BCUT2D eigenvalue weighted by Crippen LogP contribution is 2.33. The molecule has 1 aromatic rings. The summed E-state index contributed by atoms with van der Waals surface area (Å²) in [6.07, 6.45) is -0.553. The number of carbonyl (C=O) groups excluding carboxylic acids is 3. The zero-order valence-electron chi connectivity index (χ0n) is 14.2. The van der Waals surface area contributed by atoms with Crippen LogP contribution >= 0.6 is 0 Å². The molecule has 0 saturated carbocycles. The maximum atomic E-state index is 14.6. The molecule has 0 aliphatic carbocycles. The molecule has 2 fully saturated rings. The van der Waals surface area contributed by atoms with E-state index < -0.39 is 28.8 Å². The third-order valence-electron chi connectivity index (χ3n) is 4.51. The Kier molecular flexibility index (Phi) is 5.36. The lowest BCUT2D eigenvalue weighted by molar-refractivity contribution is -0.119. The second-order valence-corrected chi connectivity index (χ2v) is 7.93. The normalized spacial score (nSPS) is 25.9. The number of carbonyl (C=O) groups is 3. The molecular formula is C17H19FN2O5S. The maximum Gasteiger partial charge on any atom is 0.414 e. The van der Waals surface area contributed by atoms with Crippen LogP contribution < -0.4 is 10.2 Å². The second kappa shape index (κ2) is 7.53. The van der Waals surface area contributed by atoms with Gasteiger partial charge in [-0.2, -0.15) is 0 Å². The van der Waals surface area contributed by atoms with E-state index in [-0.39, 0.29) is 42.2 Å². The summed E-state index contributed by atoms with van der Waals surface area (Å²) in [5.74, 6) is -0.787. The molecule has 2 aliphatic heterocycles. The van der Waals surface area contributed by atoms with Crippen molar-refractivity contribution in [2.24, 2.45) is 0 Å². The maximum absolute atomic E-state index is 14.6. The van der Waals surface area contributed by atoms with E-state index in [0.29, 0.717) is 17.7 Å². The van der Waals surface area contributed by atoms with Crippen LogP contribution in [-0.4, -0.2) is 46.3 Å². The fourth-order valence-corrected chi connectivity index (χ4v) is 4.25. The molecule has 3 atom stereocenters. The minimum absolute atomic E-state index is 0.0629. The number of nitrogens with one attached hydrogen (secondary N) is 1. The van der Waals surface area contributed by atoms with Crippen LogP contribution in [0.25, 0.3) is 0 Å². The van der Waals surface area contributed by atoms with Gasteiger partial charge >= 0.3 is 6.09 Å². The Balaban J connectivity index is 1.71. The van der Waals surface area contributed by atoms with Gasteiger partial charge in [-0.1, -0.05) is 6.07 Å². The van der Waals surface area contributed by atoms with Crippen molar-refractivity contribution in [3.63, 3.8) is 0 Å². The number of anilines is 1. The Hall–Kier alpha value is -2.29. The van der Waals surface area contributed by atoms with E-state index in [1.165, 1.54) is 17.9 Å². The fraction of sp³-hybridized carbons (Fsp3) is 0.471. The molecule has 0 radical (unpaired) electrons. The molecule has 2 amide bonds. The number of benzene rings is 1. The molecule has 1 N–H and O–H groups in total. The summed E-state index contributed by atoms with van der Waals surface area (Å²) in [7, 11) is -1.47. The summed E-state index contributed by atoms with van der Waals surface area (Å²) >= 11 is 0. The number of nitrogens with zero attached hydrogens (tertiary/aromatic N) is 1. The predicted molar refractivity (Wildman–Crippen MR) is 92.7 cm³/mol. The summed E-state index contributed by atoms with van der Waals surface area (Å²) in [5.41, 5.74) is 0.744. The van der Waals surface area contributed by atoms with Gasteiger partial charge in [-0.3, -0.25) is 18.7 Å². The van der Waals surface area contributed by atoms with Crippen molar-refractivity contribution in [1.82, 2.24) is 5.32 Å². The summed E-state index contributed by atoms with van der Waals surface area (Å²) in [5, 5.41) is 2.22. The van der Waals surface area contributed by atoms with Crippen molar-refractivity contribution in [3.8, 4) is 0 Å². The highest BCUT2D eigenvalue weighted by atomic mass is 32.2. The molecule has 0 bridgehead atoms. The quantitative estimate of drug-likeness (QED) is 0.851. The highest BCUT2D eigenvalue weighted by Gasteiger charge is 2.33. The van der Waals surface area contributed by atoms with Gasteiger partial charge in [-0.15, -0.1) is 0 Å². The Labute approximate surface area is 152 Å². The lowest BCUT2D eigenvalue weighted by Gasteiger charge is -2.22. The number of amides is 2. The number of hydrogen-bond donors (Lipinski definition) is 1. The molecule has 0 spiro atoms. The van der Waals surface area contributed by atoms with Gasteiger partial charge in [-0.25, -0.2) is 9.18 Å². The lowest BCUT2D eigenvalue weighted by atomic mass is 9.92. The monoisotopic (exact) mass is 382 g/mol. The van der Waals surface area contributed by atoms with Crippen LogP contribution in [0.1, 0.15) is 31.2 Å². The minimum Gasteiger partial charge on any atom is -0.442 e. The van der Waals surface area contributed by atoms with Crippen LogP contribution in [0.3, 0.4) is 0 Å². The summed E-state index contributed by atoms with van der Waals surface area (Å²) in [6.45, 7) is 1.77. The van der Waals surface area contributed by atoms with Gasteiger partial charge in [0.05, 0.1) is 29.6 Å². The topological polar surface area (TPSA) is 92.8 Å². The van der Waals surface area contributed by atoms with Crippen LogP contribution in [0, 0.1) is 5.82 Å². The van der Waals surface area contributed by atoms with Gasteiger partial charge in [0, 0.05) is 19.1 Å². The zero-order chi connectivity index (χ0) is 18.8. The van der Waals surface area contributed by atoms with Gasteiger partial charge in [-0.05, 0) is 30.0 Å². The van der Waals surface area contributed by atoms with Gasteiger partial charge < -0.3 is 10.1 Å². The van der Waals surface area contributed by atoms with Crippen LogP contribution in [0.15, 0.2) is 18.2 Å². The van der Waals surface area contributed by atoms with E-state index in [2.05, 4.69) is 5.32 Å². The van der Waals surface area contributed by atoms with E-state index >= 15 is 0 Å². The number of cyclic esters (lactones) is 1. The summed E-state index contributed by atoms with van der Waals surface area (Å²) < 4.78 is 31.2. The first-order valence-corrected chi connectivity index (χ1v) is 9.60. The molecule has 2 unspecified atom stereocenters. The summed E-state index contributed by atoms with van der Waals surface area (Å²) in [6, 6.07) is 4.41. The van der Waals surface area contributed by atoms with Crippen LogP contribution in [0.4, 0.5) is 14.9 Å². The molecule has 2 aliphatic rings. The zero-order valence-corrected chi connectivity index (χ0v) is 15.0. The van der Waals surface area contributed by atoms with E-state index in [4.69, 9.17) is 4.74 Å². The number of halogens is 1. The first-order chi connectivity index (χ1) is 12.3. The van der Waals surface area contributed by atoms with Crippen molar-refractivity contribution < 1.29 is 27.7 Å². The van der Waals surface area contributed by atoms with Crippen LogP contribution in [0.2, 0.25) is 0 Å². The SMILES string of the molecule is CC(=O)NCC1CN(c2ccc([C@H]3CCS(=O)C(=O)C3)c(F)c2)C(=O)O1. The van der Waals surface area contributed by atoms with Gasteiger partial charge in [0.2, 0.25) is 11.0 Å². The molecule has 2 heterocycles. The third kappa shape index (κ3) is 3.92. The average molecular weight is 382 g/mol. The van der Waals surface area contributed by atoms with Crippen molar-refractivity contribution in [1.29, 1.82) is 0 Å². The Morgan fingerprint density at radius 1 is 1.42 bits per heavy atom. The number of rotatable bonds is 4. The molecule has 26 heavy (non-hydrogen) atoms. The number of ether oxygens (including phenoxy) is 1. The largest absolute Gasteiger partial charge is 0.442 e. The fourth-order valence-electron chi connectivity index (χ4n) is 3.14. The van der Waals surface area contributed by atoms with Gasteiger partial charge in [0.1, 0.15) is 11.9 Å². The van der Waals surface area contributed by atoms with Crippen molar-refractivity contribution in [2.45, 2.75) is 31.8 Å². The number of hydrogen-bond acceptors (Lipinski definition) is 5. The lowest BCUT2D eigenvalue weighted by Crippen LogP contribution is -2.33. The standard InChI is InChI=1S/C17H19FN2O5S/c1-10(21)19-8-13-9-20(17(23)25-13)12-2-3-14(15(18)7-12)11-4-5-26(24)16(22)6-11/h2-3,7,11,13H,4-6,8-9H2,1H3,(H,19,21)/t11-,13?,26?/m0/s1. The smallest absolute Gasteiger partial charge is 0.414 e. The minimum atomic E-state index is -1.47. The van der Waals surface area contributed by atoms with Crippen molar-refractivity contribution >= 4 is 33.6 Å². The summed E-state index contributed by atoms with van der Waals surface area (Å²) in [4.78, 5) is 35.9. The van der Waals surface area contributed by atoms with Gasteiger partial charge in [0.25, 0.3) is 0 Å². The first-order valence-electron chi connectivity index (χ1n) is 8.28. The molecule has 3 rings (SSSR count). The highest BCUT2D eigenvalue weighted by molar-refractivity contribution is 8.00. The molecule has 1 aromatic carbocycles. The molecule has 9 heteroatoms. The molecule has 140 valence electrons. The van der Waals surface area contributed by atoms with Crippen molar-refractivity contribution in [3.05, 3.63) is 29.6 Å². The molecular weight excluding hydrogens is 363 g/mol.